The highest BCUT2D eigenvalue weighted by Crippen LogP contribution is 1.98. The third kappa shape index (κ3) is 2.76. The van der Waals surface area contributed by atoms with Gasteiger partial charge in [0, 0.05) is 23.3 Å². The van der Waals surface area contributed by atoms with E-state index >= 15 is 0 Å². The van der Waals surface area contributed by atoms with Crippen molar-refractivity contribution in [2.75, 3.05) is 5.33 Å². The molecule has 0 N–H and O–H groups in total. The average molecular weight is 217 g/mol. The number of nitrogens with zero attached hydrogens (tertiary/aromatic N) is 2. The predicted octanol–water partition coefficient (Wildman–Crippen LogP) is 2.02. The van der Waals surface area contributed by atoms with Gasteiger partial charge in [-0.25, -0.2) is 9.97 Å². The summed E-state index contributed by atoms with van der Waals surface area (Å²) in [7, 11) is 0. The number of hydrogen-bond acceptors (Lipinski definition) is 2. The monoisotopic (exact) mass is 216 g/mol. The molecule has 0 amide bonds. The Hall–Kier alpha value is -0.770. The van der Waals surface area contributed by atoms with Gasteiger partial charge in [0.2, 0.25) is 0 Å². The summed E-state index contributed by atoms with van der Waals surface area (Å²) in [5.74, 6) is 0. The zero-order chi connectivity index (χ0) is 8.10. The van der Waals surface area contributed by atoms with Crippen molar-refractivity contribution in [1.29, 1.82) is 0 Å². The molecule has 0 spiro atoms. The fourth-order valence-corrected chi connectivity index (χ4v) is 0.776. The Labute approximate surface area is 72.3 Å². The first-order valence-corrected chi connectivity index (χ1v) is 4.15. The molecule has 0 saturated heterocycles. The first-order chi connectivity index (χ1) is 5.33. The Kier molecular flexibility index (Phi) is 3.16. The minimum Gasteiger partial charge on any atom is -0.210 e. The maximum atomic E-state index is 12.2. The fourth-order valence-electron chi connectivity index (χ4n) is 0.589. The second kappa shape index (κ2) is 4.18. The lowest BCUT2D eigenvalue weighted by Gasteiger charge is -1.89. The standard InChI is InChI=1S/C7H6BrFN2/c8-3-1-2-6-4-10-7(9)11-5-6/h1-2,4-5H,3H2. The smallest absolute Gasteiger partial charge is 0.210 e. The summed E-state index contributed by atoms with van der Waals surface area (Å²) in [6.07, 6.45) is 5.87. The SMILES string of the molecule is Fc1ncc(C=CCBr)cn1. The molecule has 0 bridgehead atoms. The van der Waals surface area contributed by atoms with E-state index in [0.29, 0.717) is 0 Å². The summed E-state index contributed by atoms with van der Waals surface area (Å²) < 4.78 is 12.2. The highest BCUT2D eigenvalue weighted by molar-refractivity contribution is 9.09. The van der Waals surface area contributed by atoms with Gasteiger partial charge < -0.3 is 0 Å². The Bertz CT molecular complexity index is 245. The van der Waals surface area contributed by atoms with Crippen LogP contribution in [0, 0.1) is 6.08 Å². The van der Waals surface area contributed by atoms with Crippen LogP contribution in [0.3, 0.4) is 0 Å². The average Bonchev–Trinajstić information content (AvgIpc) is 2.04. The molecule has 58 valence electrons. The van der Waals surface area contributed by atoms with Crippen LogP contribution in [0.5, 0.6) is 0 Å². The maximum Gasteiger partial charge on any atom is 0.308 e. The number of halogens is 2. The van der Waals surface area contributed by atoms with Gasteiger partial charge in [-0.2, -0.15) is 4.39 Å². The van der Waals surface area contributed by atoms with Gasteiger partial charge in [-0.3, -0.25) is 0 Å². The third-order valence-electron chi connectivity index (χ3n) is 1.04. The molecule has 11 heavy (non-hydrogen) atoms. The molecule has 1 aromatic heterocycles. The molecular formula is C7H6BrFN2. The van der Waals surface area contributed by atoms with E-state index in [4.69, 9.17) is 0 Å². The molecule has 1 heterocycles. The molecule has 0 radical (unpaired) electrons. The van der Waals surface area contributed by atoms with Crippen molar-refractivity contribution in [1.82, 2.24) is 9.97 Å². The molecule has 4 heteroatoms. The molecule has 0 aliphatic carbocycles. The van der Waals surface area contributed by atoms with Gasteiger partial charge in [0.15, 0.2) is 0 Å². The van der Waals surface area contributed by atoms with Crippen LogP contribution in [0.2, 0.25) is 0 Å². The van der Waals surface area contributed by atoms with Gasteiger partial charge in [0.1, 0.15) is 0 Å². The summed E-state index contributed by atoms with van der Waals surface area (Å²) in [6.45, 7) is 0. The van der Waals surface area contributed by atoms with E-state index < -0.39 is 6.08 Å². The molecule has 1 rings (SSSR count). The molecular weight excluding hydrogens is 211 g/mol. The van der Waals surface area contributed by atoms with E-state index in [1.165, 1.54) is 12.4 Å². The molecule has 0 fully saturated rings. The Morgan fingerprint density at radius 1 is 1.45 bits per heavy atom. The number of hydrogen-bond donors (Lipinski definition) is 0. The van der Waals surface area contributed by atoms with Crippen molar-refractivity contribution in [2.24, 2.45) is 0 Å². The molecule has 0 aliphatic rings. The first kappa shape index (κ1) is 8.33. The van der Waals surface area contributed by atoms with Crippen LogP contribution in [0.25, 0.3) is 6.08 Å². The quantitative estimate of drug-likeness (QED) is 0.559. The Morgan fingerprint density at radius 2 is 2.09 bits per heavy atom. The topological polar surface area (TPSA) is 25.8 Å². The summed E-state index contributed by atoms with van der Waals surface area (Å²) in [5.41, 5.74) is 0.797. The first-order valence-electron chi connectivity index (χ1n) is 3.03. The van der Waals surface area contributed by atoms with Crippen LogP contribution in [-0.2, 0) is 0 Å². The van der Waals surface area contributed by atoms with Crippen molar-refractivity contribution < 1.29 is 4.39 Å². The van der Waals surface area contributed by atoms with Crippen molar-refractivity contribution in [3.05, 3.63) is 30.1 Å². The molecule has 0 aromatic carbocycles. The van der Waals surface area contributed by atoms with Gasteiger partial charge in [-0.15, -0.1) is 0 Å². The predicted molar refractivity (Wildman–Crippen MR) is 44.8 cm³/mol. The summed E-state index contributed by atoms with van der Waals surface area (Å²) >= 11 is 3.22. The van der Waals surface area contributed by atoms with E-state index in [1.807, 2.05) is 12.2 Å². The summed E-state index contributed by atoms with van der Waals surface area (Å²) in [6, 6.07) is 0. The fraction of sp³-hybridized carbons (Fsp3) is 0.143. The van der Waals surface area contributed by atoms with Crippen LogP contribution < -0.4 is 0 Å². The normalized spacial score (nSPS) is 10.7. The van der Waals surface area contributed by atoms with Gasteiger partial charge in [0.25, 0.3) is 0 Å². The zero-order valence-corrected chi connectivity index (χ0v) is 7.25. The number of alkyl halides is 1. The van der Waals surface area contributed by atoms with Crippen molar-refractivity contribution >= 4 is 22.0 Å². The molecule has 1 aromatic rings. The van der Waals surface area contributed by atoms with Gasteiger partial charge in [-0.1, -0.05) is 28.1 Å². The molecule has 0 aliphatic heterocycles. The lowest BCUT2D eigenvalue weighted by Crippen LogP contribution is -1.87. The van der Waals surface area contributed by atoms with E-state index in [0.717, 1.165) is 10.9 Å². The lowest BCUT2D eigenvalue weighted by atomic mass is 10.3. The summed E-state index contributed by atoms with van der Waals surface area (Å²) in [5, 5.41) is 0.768. The van der Waals surface area contributed by atoms with Crippen molar-refractivity contribution in [3.63, 3.8) is 0 Å². The van der Waals surface area contributed by atoms with Crippen LogP contribution in [0.4, 0.5) is 4.39 Å². The van der Waals surface area contributed by atoms with Gasteiger partial charge >= 0.3 is 6.08 Å². The third-order valence-corrected chi connectivity index (χ3v) is 1.41. The maximum absolute atomic E-state index is 12.2. The van der Waals surface area contributed by atoms with Crippen molar-refractivity contribution in [2.45, 2.75) is 0 Å². The number of rotatable bonds is 2. The minimum atomic E-state index is -0.694. The zero-order valence-electron chi connectivity index (χ0n) is 5.67. The number of aromatic nitrogens is 2. The second-order valence-corrected chi connectivity index (χ2v) is 2.49. The largest absolute Gasteiger partial charge is 0.308 e. The molecule has 0 atom stereocenters. The van der Waals surface area contributed by atoms with E-state index in [2.05, 4.69) is 25.9 Å². The van der Waals surface area contributed by atoms with Crippen LogP contribution >= 0.6 is 15.9 Å². The summed E-state index contributed by atoms with van der Waals surface area (Å²) in [4.78, 5) is 6.78. The van der Waals surface area contributed by atoms with Crippen LogP contribution in [-0.4, -0.2) is 15.3 Å². The van der Waals surface area contributed by atoms with Gasteiger partial charge in [-0.05, 0) is 0 Å². The van der Waals surface area contributed by atoms with Crippen LogP contribution in [0.1, 0.15) is 5.56 Å². The van der Waals surface area contributed by atoms with E-state index in [1.54, 1.807) is 0 Å². The minimum absolute atomic E-state index is 0.694. The molecule has 0 unspecified atom stereocenters. The van der Waals surface area contributed by atoms with E-state index in [-0.39, 0.29) is 0 Å². The second-order valence-electron chi connectivity index (χ2n) is 1.84. The lowest BCUT2D eigenvalue weighted by molar-refractivity contribution is 0.538. The van der Waals surface area contributed by atoms with Crippen molar-refractivity contribution in [3.8, 4) is 0 Å². The molecule has 0 saturated carbocycles. The van der Waals surface area contributed by atoms with Crippen LogP contribution in [0.15, 0.2) is 18.5 Å². The Morgan fingerprint density at radius 3 is 2.64 bits per heavy atom. The number of allylic oxidation sites excluding steroid dienone is 1. The highest BCUT2D eigenvalue weighted by Gasteiger charge is 1.89. The highest BCUT2D eigenvalue weighted by atomic mass is 79.9. The van der Waals surface area contributed by atoms with E-state index in [9.17, 15) is 4.39 Å². The van der Waals surface area contributed by atoms with Gasteiger partial charge in [0.05, 0.1) is 0 Å². The Balaban J connectivity index is 2.73. The molecule has 2 nitrogen and oxygen atoms in total.